The topological polar surface area (TPSA) is 91.8 Å². The van der Waals surface area contributed by atoms with Gasteiger partial charge in [0.1, 0.15) is 0 Å². The van der Waals surface area contributed by atoms with Gasteiger partial charge in [-0.3, -0.25) is 14.6 Å². The summed E-state index contributed by atoms with van der Waals surface area (Å²) in [4.78, 5) is 30.2. The third-order valence-corrected chi connectivity index (χ3v) is 4.13. The van der Waals surface area contributed by atoms with Crippen molar-refractivity contribution in [2.45, 2.75) is 12.5 Å². The van der Waals surface area contributed by atoms with E-state index in [9.17, 15) is 14.7 Å². The van der Waals surface area contributed by atoms with Crippen LogP contribution in [0.25, 0.3) is 0 Å². The third-order valence-electron chi connectivity index (χ3n) is 4.13. The van der Waals surface area contributed by atoms with Crippen molar-refractivity contribution < 1.29 is 19.4 Å². The Hall–Kier alpha value is -2.77. The van der Waals surface area contributed by atoms with E-state index >= 15 is 0 Å². The second-order valence-corrected chi connectivity index (χ2v) is 6.09. The summed E-state index contributed by atoms with van der Waals surface area (Å²) in [7, 11) is 0. The van der Waals surface area contributed by atoms with Gasteiger partial charge in [0, 0.05) is 36.7 Å². The average Bonchev–Trinajstić information content (AvgIpc) is 2.69. The van der Waals surface area contributed by atoms with E-state index in [1.165, 1.54) is 0 Å². The van der Waals surface area contributed by atoms with Crippen molar-refractivity contribution in [3.8, 4) is 0 Å². The molecule has 2 heterocycles. The fourth-order valence-electron chi connectivity index (χ4n) is 2.79. The molecule has 3 rings (SSSR count). The Bertz CT molecular complexity index is 749. The molecule has 1 aromatic carbocycles. The number of benzene rings is 1. The third kappa shape index (κ3) is 4.65. The first-order chi connectivity index (χ1) is 12.7. The van der Waals surface area contributed by atoms with Crippen LogP contribution in [0.1, 0.15) is 15.9 Å². The minimum Gasteiger partial charge on any atom is -0.394 e. The van der Waals surface area contributed by atoms with Gasteiger partial charge in [0.25, 0.3) is 5.91 Å². The maximum absolute atomic E-state index is 12.5. The lowest BCUT2D eigenvalue weighted by Gasteiger charge is -2.32. The molecule has 0 aliphatic carbocycles. The standard InChI is InChI=1S/C19H21N3O4/c23-13-17-12-22(8-9-26-17)19(25)15-3-5-16(6-4-15)21-18(24)10-14-2-1-7-20-11-14/h1-7,11,17,23H,8-10,12-13H2,(H,21,24)/t17-/m0/s1. The number of hydrogen-bond acceptors (Lipinski definition) is 5. The number of carbonyl (C=O) groups is 2. The van der Waals surface area contributed by atoms with Gasteiger partial charge in [-0.1, -0.05) is 6.07 Å². The monoisotopic (exact) mass is 355 g/mol. The fraction of sp³-hybridized carbons (Fsp3) is 0.316. The van der Waals surface area contributed by atoms with Gasteiger partial charge in [-0.25, -0.2) is 0 Å². The smallest absolute Gasteiger partial charge is 0.254 e. The predicted molar refractivity (Wildman–Crippen MR) is 95.7 cm³/mol. The molecule has 26 heavy (non-hydrogen) atoms. The molecular formula is C19H21N3O4. The van der Waals surface area contributed by atoms with Crippen molar-refractivity contribution in [3.05, 3.63) is 59.9 Å². The first kappa shape index (κ1) is 18.0. The van der Waals surface area contributed by atoms with E-state index in [1.54, 1.807) is 47.6 Å². The highest BCUT2D eigenvalue weighted by atomic mass is 16.5. The van der Waals surface area contributed by atoms with Crippen LogP contribution in [0.15, 0.2) is 48.8 Å². The van der Waals surface area contributed by atoms with E-state index in [2.05, 4.69) is 10.3 Å². The van der Waals surface area contributed by atoms with E-state index in [4.69, 9.17) is 4.74 Å². The number of carbonyl (C=O) groups excluding carboxylic acids is 2. The molecule has 7 heteroatoms. The number of nitrogens with one attached hydrogen (secondary N) is 1. The first-order valence-corrected chi connectivity index (χ1v) is 8.46. The van der Waals surface area contributed by atoms with Crippen LogP contribution in [0.5, 0.6) is 0 Å². The van der Waals surface area contributed by atoms with Gasteiger partial charge in [0.15, 0.2) is 0 Å². The summed E-state index contributed by atoms with van der Waals surface area (Å²) >= 11 is 0. The number of aromatic nitrogens is 1. The van der Waals surface area contributed by atoms with Gasteiger partial charge in [-0.05, 0) is 35.9 Å². The predicted octanol–water partition coefficient (Wildman–Crippen LogP) is 1.10. The molecule has 0 bridgehead atoms. The fourth-order valence-corrected chi connectivity index (χ4v) is 2.79. The minimum atomic E-state index is -0.335. The number of pyridine rings is 1. The van der Waals surface area contributed by atoms with E-state index in [1.807, 2.05) is 6.07 Å². The van der Waals surface area contributed by atoms with Gasteiger partial charge < -0.3 is 20.1 Å². The van der Waals surface area contributed by atoms with Crippen molar-refractivity contribution in [2.24, 2.45) is 0 Å². The highest BCUT2D eigenvalue weighted by Gasteiger charge is 2.24. The van der Waals surface area contributed by atoms with Gasteiger partial charge in [-0.15, -0.1) is 0 Å². The quantitative estimate of drug-likeness (QED) is 0.838. The van der Waals surface area contributed by atoms with E-state index in [0.717, 1.165) is 5.56 Å². The zero-order valence-electron chi connectivity index (χ0n) is 14.3. The Labute approximate surface area is 151 Å². The van der Waals surface area contributed by atoms with E-state index in [-0.39, 0.29) is 30.9 Å². The SMILES string of the molecule is O=C(Cc1cccnc1)Nc1ccc(C(=O)N2CCO[C@H](CO)C2)cc1. The Morgan fingerprint density at radius 3 is 2.77 bits per heavy atom. The van der Waals surface area contributed by atoms with Gasteiger partial charge in [0.2, 0.25) is 5.91 Å². The van der Waals surface area contributed by atoms with Gasteiger partial charge in [-0.2, -0.15) is 0 Å². The molecule has 1 saturated heterocycles. The number of hydrogen-bond donors (Lipinski definition) is 2. The number of ether oxygens (including phenoxy) is 1. The van der Waals surface area contributed by atoms with Crippen molar-refractivity contribution in [1.29, 1.82) is 0 Å². The highest BCUT2D eigenvalue weighted by molar-refractivity contribution is 5.96. The molecule has 1 atom stereocenters. The molecule has 1 fully saturated rings. The summed E-state index contributed by atoms with van der Waals surface area (Å²) in [6.07, 6.45) is 3.22. The molecule has 136 valence electrons. The number of anilines is 1. The maximum Gasteiger partial charge on any atom is 0.254 e. The molecule has 0 radical (unpaired) electrons. The lowest BCUT2D eigenvalue weighted by molar-refractivity contribution is -0.115. The molecule has 7 nitrogen and oxygen atoms in total. The van der Waals surface area contributed by atoms with Crippen molar-refractivity contribution >= 4 is 17.5 Å². The highest BCUT2D eigenvalue weighted by Crippen LogP contribution is 2.14. The zero-order valence-corrected chi connectivity index (χ0v) is 14.3. The molecule has 1 aliphatic heterocycles. The number of morpholine rings is 1. The molecule has 0 unspecified atom stereocenters. The molecule has 0 spiro atoms. The molecule has 2 amide bonds. The van der Waals surface area contributed by atoms with Crippen LogP contribution in [0.3, 0.4) is 0 Å². The largest absolute Gasteiger partial charge is 0.394 e. The molecule has 2 aromatic rings. The van der Waals surface area contributed by atoms with Crippen LogP contribution in [0.4, 0.5) is 5.69 Å². The van der Waals surface area contributed by atoms with Crippen LogP contribution in [0.2, 0.25) is 0 Å². The Balaban J connectivity index is 1.57. The van der Waals surface area contributed by atoms with Gasteiger partial charge >= 0.3 is 0 Å². The normalized spacial score (nSPS) is 17.0. The number of nitrogens with zero attached hydrogens (tertiary/aromatic N) is 2. The lowest BCUT2D eigenvalue weighted by atomic mass is 10.1. The van der Waals surface area contributed by atoms with Crippen LogP contribution in [-0.2, 0) is 16.0 Å². The Kier molecular flexibility index (Phi) is 5.93. The summed E-state index contributed by atoms with van der Waals surface area (Å²) in [6, 6.07) is 10.4. The van der Waals surface area contributed by atoms with Crippen LogP contribution < -0.4 is 5.32 Å². The first-order valence-electron chi connectivity index (χ1n) is 8.46. The zero-order chi connectivity index (χ0) is 18.4. The van der Waals surface area contributed by atoms with E-state index < -0.39 is 0 Å². The van der Waals surface area contributed by atoms with Crippen molar-refractivity contribution in [1.82, 2.24) is 9.88 Å². The van der Waals surface area contributed by atoms with Crippen molar-refractivity contribution in [3.63, 3.8) is 0 Å². The summed E-state index contributed by atoms with van der Waals surface area (Å²) < 4.78 is 5.36. The molecular weight excluding hydrogens is 334 g/mol. The minimum absolute atomic E-state index is 0.105. The molecule has 1 aliphatic rings. The van der Waals surface area contributed by atoms with Crippen LogP contribution in [0, 0.1) is 0 Å². The Morgan fingerprint density at radius 2 is 2.08 bits per heavy atom. The second-order valence-electron chi connectivity index (χ2n) is 6.09. The molecule has 1 aromatic heterocycles. The maximum atomic E-state index is 12.5. The Morgan fingerprint density at radius 1 is 1.27 bits per heavy atom. The molecule has 0 saturated carbocycles. The average molecular weight is 355 g/mol. The van der Waals surface area contributed by atoms with Crippen molar-refractivity contribution in [2.75, 3.05) is 31.6 Å². The second kappa shape index (κ2) is 8.55. The summed E-state index contributed by atoms with van der Waals surface area (Å²) in [6.45, 7) is 1.18. The van der Waals surface area contributed by atoms with Crippen LogP contribution >= 0.6 is 0 Å². The molecule has 2 N–H and O–H groups in total. The number of aliphatic hydroxyl groups excluding tert-OH is 1. The van der Waals surface area contributed by atoms with Crippen LogP contribution in [-0.4, -0.2) is 59.2 Å². The van der Waals surface area contributed by atoms with Gasteiger partial charge in [0.05, 0.1) is 25.7 Å². The summed E-state index contributed by atoms with van der Waals surface area (Å²) in [5.74, 6) is -0.254. The number of amides is 2. The number of rotatable bonds is 5. The summed E-state index contributed by atoms with van der Waals surface area (Å²) in [5, 5.41) is 12.0. The summed E-state index contributed by atoms with van der Waals surface area (Å²) in [5.41, 5.74) is 2.00. The lowest BCUT2D eigenvalue weighted by Crippen LogP contribution is -2.46. The van der Waals surface area contributed by atoms with E-state index in [0.29, 0.717) is 30.9 Å². The number of aliphatic hydroxyl groups is 1.